The largest absolute Gasteiger partial charge is 0.476 e. The molecule has 19 heavy (non-hydrogen) atoms. The van der Waals surface area contributed by atoms with E-state index in [4.69, 9.17) is 0 Å². The van der Waals surface area contributed by atoms with Crippen LogP contribution in [0.1, 0.15) is 66.4 Å². The summed E-state index contributed by atoms with van der Waals surface area (Å²) in [6, 6.07) is 0. The van der Waals surface area contributed by atoms with Crippen molar-refractivity contribution < 1.29 is 15.0 Å². The summed E-state index contributed by atoms with van der Waals surface area (Å²) in [5, 5.41) is 18.9. The van der Waals surface area contributed by atoms with Gasteiger partial charge in [-0.1, -0.05) is 0 Å². The molecule has 104 valence electrons. The van der Waals surface area contributed by atoms with Crippen molar-refractivity contribution in [3.63, 3.8) is 0 Å². The first-order valence-corrected chi connectivity index (χ1v) is 7.17. The predicted molar refractivity (Wildman–Crippen MR) is 69.3 cm³/mol. The molecule has 0 bridgehead atoms. The molecule has 1 aliphatic carbocycles. The molecule has 5 nitrogen and oxygen atoms in total. The first-order valence-electron chi connectivity index (χ1n) is 7.17. The van der Waals surface area contributed by atoms with Crippen LogP contribution in [0, 0.1) is 0 Å². The van der Waals surface area contributed by atoms with Gasteiger partial charge in [-0.3, -0.25) is 0 Å². The standard InChI is InChI=1S/C14H20N2O3/c17-10-6-4-9(5-7-10)13-15-12(14(18)19)11-3-1-2-8-16(11)13/h9-10,17H,1-8H2,(H,18,19). The van der Waals surface area contributed by atoms with E-state index >= 15 is 0 Å². The van der Waals surface area contributed by atoms with E-state index in [9.17, 15) is 15.0 Å². The van der Waals surface area contributed by atoms with Gasteiger partial charge < -0.3 is 14.8 Å². The van der Waals surface area contributed by atoms with Crippen LogP contribution in [-0.2, 0) is 13.0 Å². The Labute approximate surface area is 112 Å². The van der Waals surface area contributed by atoms with E-state index in [1.807, 2.05) is 0 Å². The van der Waals surface area contributed by atoms with Gasteiger partial charge in [0.2, 0.25) is 0 Å². The molecule has 0 unspecified atom stereocenters. The third-order valence-electron chi connectivity index (χ3n) is 4.41. The molecule has 0 aromatic carbocycles. The van der Waals surface area contributed by atoms with E-state index in [-0.39, 0.29) is 11.8 Å². The first kappa shape index (κ1) is 12.7. The Morgan fingerprint density at radius 3 is 2.63 bits per heavy atom. The lowest BCUT2D eigenvalue weighted by Crippen LogP contribution is -2.21. The lowest BCUT2D eigenvalue weighted by molar-refractivity contribution is 0.0689. The summed E-state index contributed by atoms with van der Waals surface area (Å²) in [4.78, 5) is 15.7. The molecule has 3 rings (SSSR count). The van der Waals surface area contributed by atoms with Gasteiger partial charge in [-0.15, -0.1) is 0 Å². The lowest BCUT2D eigenvalue weighted by Gasteiger charge is -2.27. The molecule has 0 radical (unpaired) electrons. The van der Waals surface area contributed by atoms with Crippen molar-refractivity contribution in [3.05, 3.63) is 17.2 Å². The summed E-state index contributed by atoms with van der Waals surface area (Å²) >= 11 is 0. The van der Waals surface area contributed by atoms with Crippen LogP contribution in [0.3, 0.4) is 0 Å². The number of imidazole rings is 1. The zero-order chi connectivity index (χ0) is 13.4. The molecule has 1 aromatic heterocycles. The molecular weight excluding hydrogens is 244 g/mol. The van der Waals surface area contributed by atoms with Crippen LogP contribution in [0.2, 0.25) is 0 Å². The minimum Gasteiger partial charge on any atom is -0.476 e. The highest BCUT2D eigenvalue weighted by molar-refractivity contribution is 5.87. The van der Waals surface area contributed by atoms with Gasteiger partial charge in [0.25, 0.3) is 0 Å². The second-order valence-electron chi connectivity index (χ2n) is 5.68. The molecule has 1 aromatic rings. The maximum absolute atomic E-state index is 11.3. The number of carboxylic acids is 1. The van der Waals surface area contributed by atoms with Gasteiger partial charge in [0.1, 0.15) is 5.82 Å². The van der Waals surface area contributed by atoms with E-state index in [2.05, 4.69) is 9.55 Å². The van der Waals surface area contributed by atoms with Crippen LogP contribution in [-0.4, -0.2) is 31.8 Å². The number of carbonyl (C=O) groups is 1. The SMILES string of the molecule is O=C(O)c1nc(C2CCC(O)CC2)n2c1CCCC2. The Balaban J connectivity index is 1.94. The smallest absolute Gasteiger partial charge is 0.356 e. The normalized spacial score (nSPS) is 27.0. The molecule has 1 saturated carbocycles. The Morgan fingerprint density at radius 2 is 1.95 bits per heavy atom. The summed E-state index contributed by atoms with van der Waals surface area (Å²) < 4.78 is 2.13. The number of aromatic carboxylic acids is 1. The fraction of sp³-hybridized carbons (Fsp3) is 0.714. The maximum Gasteiger partial charge on any atom is 0.356 e. The van der Waals surface area contributed by atoms with Crippen LogP contribution < -0.4 is 0 Å². The number of hydrogen-bond acceptors (Lipinski definition) is 3. The molecule has 2 aliphatic rings. The third kappa shape index (κ3) is 2.27. The second-order valence-corrected chi connectivity index (χ2v) is 5.68. The van der Waals surface area contributed by atoms with Crippen molar-refractivity contribution >= 4 is 5.97 Å². The molecule has 1 fully saturated rings. The van der Waals surface area contributed by atoms with E-state index in [1.54, 1.807) is 0 Å². The molecular formula is C14H20N2O3. The van der Waals surface area contributed by atoms with Gasteiger partial charge in [0.05, 0.1) is 11.8 Å². The highest BCUT2D eigenvalue weighted by Gasteiger charge is 2.30. The average molecular weight is 264 g/mol. The van der Waals surface area contributed by atoms with Gasteiger partial charge in [-0.25, -0.2) is 9.78 Å². The van der Waals surface area contributed by atoms with Crippen LogP contribution in [0.15, 0.2) is 0 Å². The number of fused-ring (bicyclic) bond motifs is 1. The van der Waals surface area contributed by atoms with Crippen molar-refractivity contribution in [3.8, 4) is 0 Å². The maximum atomic E-state index is 11.3. The quantitative estimate of drug-likeness (QED) is 0.856. The highest BCUT2D eigenvalue weighted by Crippen LogP contribution is 2.35. The van der Waals surface area contributed by atoms with Crippen LogP contribution >= 0.6 is 0 Å². The predicted octanol–water partition coefficient (Wildman–Crippen LogP) is 1.94. The van der Waals surface area contributed by atoms with Crippen molar-refractivity contribution in [2.24, 2.45) is 0 Å². The summed E-state index contributed by atoms with van der Waals surface area (Å²) in [5.74, 6) is 0.347. The molecule has 0 atom stereocenters. The molecule has 0 amide bonds. The Kier molecular flexibility index (Phi) is 3.31. The Bertz CT molecular complexity index is 487. The van der Waals surface area contributed by atoms with Gasteiger partial charge in [-0.2, -0.15) is 0 Å². The van der Waals surface area contributed by atoms with Gasteiger partial charge in [-0.05, 0) is 44.9 Å². The molecule has 2 heterocycles. The molecule has 2 N–H and O–H groups in total. The Morgan fingerprint density at radius 1 is 1.21 bits per heavy atom. The van der Waals surface area contributed by atoms with Crippen molar-refractivity contribution in [1.29, 1.82) is 0 Å². The summed E-state index contributed by atoms with van der Waals surface area (Å²) in [6.07, 6.45) is 6.22. The zero-order valence-corrected chi connectivity index (χ0v) is 11.0. The van der Waals surface area contributed by atoms with Crippen molar-refractivity contribution in [2.45, 2.75) is 63.5 Å². The zero-order valence-electron chi connectivity index (χ0n) is 11.0. The number of carboxylic acid groups (broad SMARTS) is 1. The molecule has 5 heteroatoms. The monoisotopic (exact) mass is 264 g/mol. The van der Waals surface area contributed by atoms with Crippen LogP contribution in [0.4, 0.5) is 0 Å². The summed E-state index contributed by atoms with van der Waals surface area (Å²) in [6.45, 7) is 0.893. The third-order valence-corrected chi connectivity index (χ3v) is 4.41. The van der Waals surface area contributed by atoms with E-state index in [1.165, 1.54) is 0 Å². The second kappa shape index (κ2) is 4.96. The van der Waals surface area contributed by atoms with E-state index in [0.29, 0.717) is 5.92 Å². The summed E-state index contributed by atoms with van der Waals surface area (Å²) in [5.41, 5.74) is 1.15. The molecule has 1 aliphatic heterocycles. The number of aromatic nitrogens is 2. The number of hydrogen-bond donors (Lipinski definition) is 2. The van der Waals surface area contributed by atoms with Crippen molar-refractivity contribution in [2.75, 3.05) is 0 Å². The molecule has 0 saturated heterocycles. The number of aliphatic hydroxyl groups excluding tert-OH is 1. The number of aliphatic hydroxyl groups is 1. The number of rotatable bonds is 2. The highest BCUT2D eigenvalue weighted by atomic mass is 16.4. The van der Waals surface area contributed by atoms with Crippen LogP contribution in [0.5, 0.6) is 0 Å². The minimum atomic E-state index is -0.909. The Hall–Kier alpha value is -1.36. The van der Waals surface area contributed by atoms with Crippen LogP contribution in [0.25, 0.3) is 0 Å². The van der Waals surface area contributed by atoms with E-state index < -0.39 is 5.97 Å². The van der Waals surface area contributed by atoms with Crippen molar-refractivity contribution in [1.82, 2.24) is 9.55 Å². The first-order chi connectivity index (χ1) is 9.16. The summed E-state index contributed by atoms with van der Waals surface area (Å²) in [7, 11) is 0. The minimum absolute atomic E-state index is 0.189. The van der Waals surface area contributed by atoms with Gasteiger partial charge in [0, 0.05) is 12.5 Å². The van der Waals surface area contributed by atoms with Gasteiger partial charge >= 0.3 is 5.97 Å². The fourth-order valence-electron chi connectivity index (χ4n) is 3.39. The fourth-order valence-corrected chi connectivity index (χ4v) is 3.39. The average Bonchev–Trinajstić information content (AvgIpc) is 2.79. The lowest BCUT2D eigenvalue weighted by atomic mass is 9.87. The van der Waals surface area contributed by atoms with Gasteiger partial charge in [0.15, 0.2) is 5.69 Å². The number of nitrogens with zero attached hydrogens (tertiary/aromatic N) is 2. The topological polar surface area (TPSA) is 75.3 Å². The molecule has 0 spiro atoms. The van der Waals surface area contributed by atoms with E-state index in [0.717, 1.165) is 63.0 Å².